The predicted octanol–water partition coefficient (Wildman–Crippen LogP) is 1.84. The molecule has 0 heterocycles. The van der Waals surface area contributed by atoms with Crippen molar-refractivity contribution >= 4 is 5.97 Å². The van der Waals surface area contributed by atoms with Gasteiger partial charge in [0.25, 0.3) is 13.1 Å². The summed E-state index contributed by atoms with van der Waals surface area (Å²) in [6, 6.07) is 2.54. The normalized spacial score (nSPS) is 11.5. The van der Waals surface area contributed by atoms with Gasteiger partial charge in [0.15, 0.2) is 5.92 Å². The molecule has 3 nitrogen and oxygen atoms in total. The van der Waals surface area contributed by atoms with Gasteiger partial charge < -0.3 is 5.11 Å². The SMILES string of the molecule is CCCCC(C#[N+]C)C(=O)O. The van der Waals surface area contributed by atoms with E-state index in [1.54, 1.807) is 7.05 Å². The quantitative estimate of drug-likeness (QED) is 0.674. The maximum absolute atomic E-state index is 10.5. The number of carboxylic acids is 1. The molecule has 0 bridgehead atoms. The maximum atomic E-state index is 10.5. The van der Waals surface area contributed by atoms with Gasteiger partial charge in [0, 0.05) is 0 Å². The second-order valence-electron chi connectivity index (χ2n) is 2.39. The lowest BCUT2D eigenvalue weighted by Crippen LogP contribution is -2.10. The Bertz CT molecular complexity index is 178. The van der Waals surface area contributed by atoms with E-state index in [0.717, 1.165) is 12.8 Å². The van der Waals surface area contributed by atoms with Crippen molar-refractivity contribution in [3.63, 3.8) is 0 Å². The fourth-order valence-electron chi connectivity index (χ4n) is 0.807. The van der Waals surface area contributed by atoms with E-state index in [9.17, 15) is 4.79 Å². The summed E-state index contributed by atoms with van der Waals surface area (Å²) in [7, 11) is 1.54. The van der Waals surface area contributed by atoms with Crippen LogP contribution in [0, 0.1) is 12.0 Å². The van der Waals surface area contributed by atoms with Gasteiger partial charge in [-0.05, 0) is 6.42 Å². The average molecular weight is 156 g/mol. The molecule has 0 aromatic carbocycles. The lowest BCUT2D eigenvalue weighted by atomic mass is 10.0. The van der Waals surface area contributed by atoms with Crippen molar-refractivity contribution in [2.45, 2.75) is 26.2 Å². The van der Waals surface area contributed by atoms with Gasteiger partial charge in [-0.3, -0.25) is 4.79 Å². The van der Waals surface area contributed by atoms with Crippen molar-refractivity contribution in [2.75, 3.05) is 7.05 Å². The van der Waals surface area contributed by atoms with E-state index in [0.29, 0.717) is 6.42 Å². The molecule has 1 atom stereocenters. The van der Waals surface area contributed by atoms with E-state index in [1.807, 2.05) is 6.92 Å². The molecule has 1 N–H and O–H groups in total. The summed E-state index contributed by atoms with van der Waals surface area (Å²) in [6.45, 7) is 2.03. The number of carboxylic acid groups (broad SMARTS) is 1. The molecule has 0 aromatic heterocycles. The third-order valence-corrected chi connectivity index (χ3v) is 1.43. The number of aliphatic carboxylic acids is 1. The van der Waals surface area contributed by atoms with Crippen LogP contribution in [0.3, 0.4) is 0 Å². The third-order valence-electron chi connectivity index (χ3n) is 1.43. The van der Waals surface area contributed by atoms with Gasteiger partial charge in [0.2, 0.25) is 0 Å². The van der Waals surface area contributed by atoms with Crippen LogP contribution in [-0.4, -0.2) is 18.1 Å². The molecule has 62 valence electrons. The van der Waals surface area contributed by atoms with Gasteiger partial charge in [0.05, 0.1) is 0 Å². The van der Waals surface area contributed by atoms with Crippen molar-refractivity contribution in [2.24, 2.45) is 5.92 Å². The van der Waals surface area contributed by atoms with E-state index in [-0.39, 0.29) is 0 Å². The van der Waals surface area contributed by atoms with Crippen molar-refractivity contribution in [1.29, 1.82) is 0 Å². The van der Waals surface area contributed by atoms with Crippen LogP contribution < -0.4 is 0 Å². The number of nitrogens with zero attached hydrogens (tertiary/aromatic N) is 1. The van der Waals surface area contributed by atoms with E-state index in [2.05, 4.69) is 10.9 Å². The highest BCUT2D eigenvalue weighted by molar-refractivity contribution is 5.73. The van der Waals surface area contributed by atoms with Gasteiger partial charge >= 0.3 is 5.97 Å². The fourth-order valence-corrected chi connectivity index (χ4v) is 0.807. The van der Waals surface area contributed by atoms with Gasteiger partial charge in [-0.15, -0.1) is 0 Å². The maximum Gasteiger partial charge on any atom is 0.325 e. The second-order valence-corrected chi connectivity index (χ2v) is 2.39. The summed E-state index contributed by atoms with van der Waals surface area (Å²) in [5.74, 6) is -1.34. The van der Waals surface area contributed by atoms with Crippen molar-refractivity contribution < 1.29 is 9.90 Å². The second kappa shape index (κ2) is 5.72. The summed E-state index contributed by atoms with van der Waals surface area (Å²) in [4.78, 5) is 14.1. The Balaban J connectivity index is 3.86. The van der Waals surface area contributed by atoms with E-state index < -0.39 is 11.9 Å². The van der Waals surface area contributed by atoms with Crippen LogP contribution in [-0.2, 0) is 4.79 Å². The van der Waals surface area contributed by atoms with E-state index >= 15 is 0 Å². The number of rotatable bonds is 4. The van der Waals surface area contributed by atoms with Crippen LogP contribution in [0.5, 0.6) is 0 Å². The van der Waals surface area contributed by atoms with E-state index in [1.165, 1.54) is 0 Å². The average Bonchev–Trinajstić information content (AvgIpc) is 1.97. The van der Waals surface area contributed by atoms with Crippen LogP contribution in [0.15, 0.2) is 0 Å². The Morgan fingerprint density at radius 1 is 1.73 bits per heavy atom. The molecule has 1 unspecified atom stereocenters. The highest BCUT2D eigenvalue weighted by atomic mass is 16.4. The first-order valence-corrected chi connectivity index (χ1v) is 3.79. The number of carbonyl (C=O) groups is 1. The number of hydrogen-bond acceptors (Lipinski definition) is 1. The van der Waals surface area contributed by atoms with Crippen LogP contribution in [0.1, 0.15) is 26.2 Å². The standard InChI is InChI=1S/C8H13NO2/c1-3-4-5-7(6-9-2)8(10)11/h7H,3-5H2,1-2H3/p+1. The molecular weight excluding hydrogens is 142 g/mol. The monoisotopic (exact) mass is 156 g/mol. The number of hydrogen-bond donors (Lipinski definition) is 1. The van der Waals surface area contributed by atoms with Gasteiger partial charge in [-0.1, -0.05) is 24.6 Å². The van der Waals surface area contributed by atoms with Crippen molar-refractivity contribution in [3.8, 4) is 6.07 Å². The molecule has 3 heteroatoms. The molecular formula is C8H14NO2+. The zero-order valence-electron chi connectivity index (χ0n) is 7.00. The lowest BCUT2D eigenvalue weighted by molar-refractivity contribution is -0.139. The zero-order chi connectivity index (χ0) is 8.69. The Kier molecular flexibility index (Phi) is 5.18. The summed E-state index contributed by atoms with van der Waals surface area (Å²) in [5, 5.41) is 8.61. The van der Waals surface area contributed by atoms with Crippen LogP contribution in [0.4, 0.5) is 0 Å². The molecule has 0 rings (SSSR count). The van der Waals surface area contributed by atoms with Gasteiger partial charge in [-0.25, -0.2) is 0 Å². The topological polar surface area (TPSA) is 41.7 Å². The highest BCUT2D eigenvalue weighted by Crippen LogP contribution is 2.07. The number of unbranched alkanes of at least 4 members (excludes halogenated alkanes) is 1. The molecule has 0 saturated heterocycles. The van der Waals surface area contributed by atoms with E-state index in [4.69, 9.17) is 5.11 Å². The molecule has 0 radical (unpaired) electrons. The smallest absolute Gasteiger partial charge is 0.325 e. The molecule has 0 amide bonds. The van der Waals surface area contributed by atoms with Gasteiger partial charge in [-0.2, -0.15) is 0 Å². The largest absolute Gasteiger partial charge is 0.480 e. The summed E-state index contributed by atoms with van der Waals surface area (Å²) in [6.07, 6.45) is 2.57. The van der Waals surface area contributed by atoms with Crippen LogP contribution >= 0.6 is 0 Å². The predicted molar refractivity (Wildman–Crippen MR) is 43.8 cm³/mol. The minimum atomic E-state index is -0.830. The molecule has 0 aliphatic heterocycles. The van der Waals surface area contributed by atoms with Crippen LogP contribution in [0.2, 0.25) is 0 Å². The molecule has 0 aromatic rings. The molecule has 0 aliphatic carbocycles. The Morgan fingerprint density at radius 2 is 2.36 bits per heavy atom. The molecule has 0 fully saturated rings. The Hall–Kier alpha value is -1.04. The van der Waals surface area contributed by atoms with Crippen LogP contribution in [0.25, 0.3) is 4.85 Å². The van der Waals surface area contributed by atoms with Crippen molar-refractivity contribution in [1.82, 2.24) is 0 Å². The summed E-state index contributed by atoms with van der Waals surface area (Å²) in [5.41, 5.74) is 0. The first-order valence-electron chi connectivity index (χ1n) is 3.79. The Morgan fingerprint density at radius 3 is 2.73 bits per heavy atom. The minimum absolute atomic E-state index is 0.514. The van der Waals surface area contributed by atoms with Crippen molar-refractivity contribution in [3.05, 3.63) is 4.85 Å². The zero-order valence-corrected chi connectivity index (χ0v) is 7.00. The molecule has 11 heavy (non-hydrogen) atoms. The lowest BCUT2D eigenvalue weighted by Gasteiger charge is -1.96. The fraction of sp³-hybridized carbons (Fsp3) is 0.750. The summed E-state index contributed by atoms with van der Waals surface area (Å²) < 4.78 is 0. The Labute approximate surface area is 66.9 Å². The van der Waals surface area contributed by atoms with Gasteiger partial charge in [0.1, 0.15) is 0 Å². The first-order chi connectivity index (χ1) is 5.22. The molecule has 0 saturated carbocycles. The first kappa shape index (κ1) is 9.96. The summed E-state index contributed by atoms with van der Waals surface area (Å²) >= 11 is 0. The minimum Gasteiger partial charge on any atom is -0.480 e. The molecule has 0 spiro atoms. The third kappa shape index (κ3) is 4.38. The highest BCUT2D eigenvalue weighted by Gasteiger charge is 2.19. The molecule has 0 aliphatic rings.